The van der Waals surface area contributed by atoms with E-state index < -0.39 is 0 Å². The lowest BCUT2D eigenvalue weighted by molar-refractivity contribution is 0.493. The van der Waals surface area contributed by atoms with E-state index in [9.17, 15) is 0 Å². The van der Waals surface area contributed by atoms with Gasteiger partial charge in [0.15, 0.2) is 0 Å². The second-order valence-electron chi connectivity index (χ2n) is 3.43. The van der Waals surface area contributed by atoms with Gasteiger partial charge in [0.1, 0.15) is 0 Å². The number of aromatic nitrogens is 3. The highest BCUT2D eigenvalue weighted by atomic mass is 79.9. The van der Waals surface area contributed by atoms with Crippen LogP contribution >= 0.6 is 15.9 Å². The first-order chi connectivity index (χ1) is 6.77. The summed E-state index contributed by atoms with van der Waals surface area (Å²) in [5.74, 6) is 0. The zero-order valence-corrected chi connectivity index (χ0v) is 10.5. The molecule has 0 amide bonds. The summed E-state index contributed by atoms with van der Waals surface area (Å²) < 4.78 is 0. The van der Waals surface area contributed by atoms with Gasteiger partial charge in [0.05, 0.1) is 17.9 Å². The minimum absolute atomic E-state index is 0.952. The number of halogens is 1. The third-order valence-corrected chi connectivity index (χ3v) is 2.81. The minimum Gasteiger partial charge on any atom is -0.184 e. The molecule has 0 radical (unpaired) electrons. The SMILES string of the molecule is CCc1nn(CCCCCBr)nc1C. The number of unbranched alkanes of at least 4 members (excludes halogenated alkanes) is 2. The van der Waals surface area contributed by atoms with Crippen molar-refractivity contribution in [2.45, 2.75) is 46.1 Å². The first-order valence-corrected chi connectivity index (χ1v) is 6.36. The lowest BCUT2D eigenvalue weighted by Crippen LogP contribution is -2.02. The number of alkyl halides is 1. The quantitative estimate of drug-likeness (QED) is 0.581. The molecule has 0 aliphatic rings. The van der Waals surface area contributed by atoms with E-state index in [1.165, 1.54) is 19.3 Å². The van der Waals surface area contributed by atoms with Crippen molar-refractivity contribution in [1.82, 2.24) is 15.0 Å². The van der Waals surface area contributed by atoms with Crippen LogP contribution in [-0.2, 0) is 13.0 Å². The van der Waals surface area contributed by atoms with Crippen molar-refractivity contribution in [2.75, 3.05) is 5.33 Å². The minimum atomic E-state index is 0.952. The number of nitrogens with zero attached hydrogens (tertiary/aromatic N) is 3. The highest BCUT2D eigenvalue weighted by Crippen LogP contribution is 2.04. The Bertz CT molecular complexity index is 270. The Morgan fingerprint density at radius 2 is 2.00 bits per heavy atom. The molecule has 1 aromatic rings. The molecule has 0 fully saturated rings. The van der Waals surface area contributed by atoms with Crippen LogP contribution in [0.2, 0.25) is 0 Å². The fourth-order valence-corrected chi connectivity index (χ4v) is 1.81. The molecule has 1 heterocycles. The van der Waals surface area contributed by atoms with Gasteiger partial charge in [-0.2, -0.15) is 15.0 Å². The molecule has 0 saturated heterocycles. The number of rotatable bonds is 6. The lowest BCUT2D eigenvalue weighted by Gasteiger charge is -1.98. The van der Waals surface area contributed by atoms with Crippen molar-refractivity contribution in [3.63, 3.8) is 0 Å². The maximum absolute atomic E-state index is 4.42. The summed E-state index contributed by atoms with van der Waals surface area (Å²) in [6.45, 7) is 5.10. The van der Waals surface area contributed by atoms with Gasteiger partial charge in [-0.15, -0.1) is 0 Å². The Labute approximate surface area is 94.0 Å². The van der Waals surface area contributed by atoms with Crippen LogP contribution < -0.4 is 0 Å². The van der Waals surface area contributed by atoms with E-state index in [0.29, 0.717) is 0 Å². The molecule has 0 N–H and O–H groups in total. The van der Waals surface area contributed by atoms with Crippen LogP contribution in [0, 0.1) is 6.92 Å². The van der Waals surface area contributed by atoms with E-state index in [4.69, 9.17) is 0 Å². The zero-order valence-electron chi connectivity index (χ0n) is 8.96. The largest absolute Gasteiger partial charge is 0.184 e. The smallest absolute Gasteiger partial charge is 0.0853 e. The Hall–Kier alpha value is -0.380. The summed E-state index contributed by atoms with van der Waals surface area (Å²) in [5, 5.41) is 9.89. The molecular weight excluding hydrogens is 242 g/mol. The molecule has 0 bridgehead atoms. The second-order valence-corrected chi connectivity index (χ2v) is 4.22. The molecule has 3 nitrogen and oxygen atoms in total. The van der Waals surface area contributed by atoms with Gasteiger partial charge in [-0.3, -0.25) is 0 Å². The van der Waals surface area contributed by atoms with Crippen LogP contribution in [0.25, 0.3) is 0 Å². The summed E-state index contributed by atoms with van der Waals surface area (Å²) >= 11 is 3.42. The van der Waals surface area contributed by atoms with E-state index in [2.05, 4.69) is 33.1 Å². The molecule has 0 aliphatic carbocycles. The van der Waals surface area contributed by atoms with Crippen LogP contribution in [0.3, 0.4) is 0 Å². The molecule has 80 valence electrons. The molecule has 0 aromatic carbocycles. The molecule has 0 unspecified atom stereocenters. The molecular formula is C10H18BrN3. The normalized spacial score (nSPS) is 10.8. The third kappa shape index (κ3) is 3.40. The Balaban J connectivity index is 2.35. The summed E-state index contributed by atoms with van der Waals surface area (Å²) in [6.07, 6.45) is 4.63. The second kappa shape index (κ2) is 6.17. The molecule has 4 heteroatoms. The van der Waals surface area contributed by atoms with Gasteiger partial charge in [0.25, 0.3) is 0 Å². The van der Waals surface area contributed by atoms with E-state index >= 15 is 0 Å². The molecule has 1 aromatic heterocycles. The zero-order chi connectivity index (χ0) is 10.4. The van der Waals surface area contributed by atoms with E-state index in [1.54, 1.807) is 0 Å². The molecule has 0 spiro atoms. The van der Waals surface area contributed by atoms with E-state index in [0.717, 1.165) is 29.7 Å². The average molecular weight is 260 g/mol. The summed E-state index contributed by atoms with van der Waals surface area (Å²) in [4.78, 5) is 1.84. The van der Waals surface area contributed by atoms with Crippen molar-refractivity contribution >= 4 is 15.9 Å². The highest BCUT2D eigenvalue weighted by Gasteiger charge is 2.03. The van der Waals surface area contributed by atoms with Gasteiger partial charge in [0, 0.05) is 5.33 Å². The monoisotopic (exact) mass is 259 g/mol. The Morgan fingerprint density at radius 3 is 2.57 bits per heavy atom. The highest BCUT2D eigenvalue weighted by molar-refractivity contribution is 9.09. The van der Waals surface area contributed by atoms with Gasteiger partial charge in [-0.1, -0.05) is 29.3 Å². The van der Waals surface area contributed by atoms with Gasteiger partial charge < -0.3 is 0 Å². The van der Waals surface area contributed by atoms with E-state index in [-0.39, 0.29) is 0 Å². The predicted octanol–water partition coefficient (Wildman–Crippen LogP) is 2.71. The predicted molar refractivity (Wildman–Crippen MR) is 61.8 cm³/mol. The average Bonchev–Trinajstić information content (AvgIpc) is 2.54. The van der Waals surface area contributed by atoms with E-state index in [1.807, 2.05) is 11.7 Å². The van der Waals surface area contributed by atoms with Crippen molar-refractivity contribution in [1.29, 1.82) is 0 Å². The van der Waals surface area contributed by atoms with Crippen molar-refractivity contribution in [3.8, 4) is 0 Å². The first kappa shape index (κ1) is 11.7. The van der Waals surface area contributed by atoms with Crippen molar-refractivity contribution in [2.24, 2.45) is 0 Å². The molecule has 1 rings (SSSR count). The van der Waals surface area contributed by atoms with Gasteiger partial charge in [-0.25, -0.2) is 0 Å². The van der Waals surface area contributed by atoms with Crippen LogP contribution in [0.15, 0.2) is 0 Å². The van der Waals surface area contributed by atoms with Crippen molar-refractivity contribution < 1.29 is 0 Å². The first-order valence-electron chi connectivity index (χ1n) is 5.24. The van der Waals surface area contributed by atoms with Crippen LogP contribution in [-0.4, -0.2) is 20.3 Å². The van der Waals surface area contributed by atoms with Crippen LogP contribution in [0.5, 0.6) is 0 Å². The summed E-state index contributed by atoms with van der Waals surface area (Å²) in [7, 11) is 0. The van der Waals surface area contributed by atoms with Gasteiger partial charge in [0.2, 0.25) is 0 Å². The fourth-order valence-electron chi connectivity index (χ4n) is 1.42. The number of hydrogen-bond donors (Lipinski definition) is 0. The maximum atomic E-state index is 4.42. The third-order valence-electron chi connectivity index (χ3n) is 2.25. The van der Waals surface area contributed by atoms with Gasteiger partial charge in [-0.05, 0) is 26.2 Å². The topological polar surface area (TPSA) is 30.7 Å². The van der Waals surface area contributed by atoms with Gasteiger partial charge >= 0.3 is 0 Å². The summed E-state index contributed by atoms with van der Waals surface area (Å²) in [6, 6.07) is 0. The maximum Gasteiger partial charge on any atom is 0.0853 e. The standard InChI is InChI=1S/C10H18BrN3/c1-3-10-9(2)12-14(13-10)8-6-4-5-7-11/h3-8H2,1-2H3. The molecule has 0 saturated carbocycles. The molecule has 0 aliphatic heterocycles. The molecule has 0 atom stereocenters. The van der Waals surface area contributed by atoms with Crippen LogP contribution in [0.4, 0.5) is 0 Å². The van der Waals surface area contributed by atoms with Crippen molar-refractivity contribution in [3.05, 3.63) is 11.4 Å². The number of aryl methyl sites for hydroxylation is 3. The van der Waals surface area contributed by atoms with Crippen LogP contribution in [0.1, 0.15) is 37.6 Å². The molecule has 14 heavy (non-hydrogen) atoms. The fraction of sp³-hybridized carbons (Fsp3) is 0.800. The Morgan fingerprint density at radius 1 is 1.21 bits per heavy atom. The Kier molecular flexibility index (Phi) is 5.15. The number of hydrogen-bond acceptors (Lipinski definition) is 2. The summed E-state index contributed by atoms with van der Waals surface area (Å²) in [5.41, 5.74) is 2.21. The lowest BCUT2D eigenvalue weighted by atomic mass is 10.2.